The van der Waals surface area contributed by atoms with Gasteiger partial charge in [0.2, 0.25) is 0 Å². The van der Waals surface area contributed by atoms with Crippen LogP contribution < -0.4 is 4.74 Å². The van der Waals surface area contributed by atoms with Gasteiger partial charge in [0.25, 0.3) is 0 Å². The summed E-state index contributed by atoms with van der Waals surface area (Å²) in [5.74, 6) is -0.323. The summed E-state index contributed by atoms with van der Waals surface area (Å²) < 4.78 is 33.7. The van der Waals surface area contributed by atoms with Crippen molar-refractivity contribution in [2.45, 2.75) is 13.3 Å². The van der Waals surface area contributed by atoms with E-state index in [2.05, 4.69) is 0 Å². The van der Waals surface area contributed by atoms with E-state index in [1.807, 2.05) is 31.2 Å². The standard InChI is InChI=1S/C15H20O5S/c1-11-5-3-4-6-14(11)20-9-13(15(16)19-2)12-7-8-21(17,18)10-12/h3-6,12-13H,7-10H2,1-2H3. The van der Waals surface area contributed by atoms with Gasteiger partial charge in [-0.3, -0.25) is 4.79 Å². The van der Waals surface area contributed by atoms with E-state index in [4.69, 9.17) is 9.47 Å². The highest BCUT2D eigenvalue weighted by Gasteiger charge is 2.38. The van der Waals surface area contributed by atoms with E-state index in [1.165, 1.54) is 7.11 Å². The Hall–Kier alpha value is -1.56. The van der Waals surface area contributed by atoms with Crippen molar-refractivity contribution in [2.24, 2.45) is 11.8 Å². The fraction of sp³-hybridized carbons (Fsp3) is 0.533. The van der Waals surface area contributed by atoms with Crippen molar-refractivity contribution in [2.75, 3.05) is 25.2 Å². The summed E-state index contributed by atoms with van der Waals surface area (Å²) in [6.07, 6.45) is 0.485. The molecule has 1 fully saturated rings. The van der Waals surface area contributed by atoms with Gasteiger partial charge in [-0.05, 0) is 30.9 Å². The molecule has 0 spiro atoms. The monoisotopic (exact) mass is 312 g/mol. The number of sulfone groups is 1. The maximum absolute atomic E-state index is 11.9. The summed E-state index contributed by atoms with van der Waals surface area (Å²) in [5, 5.41) is 0. The smallest absolute Gasteiger partial charge is 0.312 e. The number of ether oxygens (including phenoxy) is 2. The van der Waals surface area contributed by atoms with Crippen molar-refractivity contribution in [1.82, 2.24) is 0 Å². The van der Waals surface area contributed by atoms with Gasteiger partial charge in [-0.2, -0.15) is 0 Å². The lowest BCUT2D eigenvalue weighted by Gasteiger charge is -2.21. The van der Waals surface area contributed by atoms with Gasteiger partial charge in [0.1, 0.15) is 12.4 Å². The highest BCUT2D eigenvalue weighted by molar-refractivity contribution is 7.91. The molecule has 0 N–H and O–H groups in total. The van der Waals surface area contributed by atoms with E-state index in [1.54, 1.807) is 0 Å². The fourth-order valence-corrected chi connectivity index (χ4v) is 4.47. The molecule has 21 heavy (non-hydrogen) atoms. The van der Waals surface area contributed by atoms with Crippen LogP contribution in [0.3, 0.4) is 0 Å². The quantitative estimate of drug-likeness (QED) is 0.772. The third kappa shape index (κ3) is 3.97. The Morgan fingerprint density at radius 2 is 2.10 bits per heavy atom. The normalized spacial score (nSPS) is 21.7. The van der Waals surface area contributed by atoms with Crippen molar-refractivity contribution >= 4 is 15.8 Å². The summed E-state index contributed by atoms with van der Waals surface area (Å²) in [6.45, 7) is 2.06. The minimum absolute atomic E-state index is 0.0316. The van der Waals surface area contributed by atoms with Gasteiger partial charge in [-0.15, -0.1) is 0 Å². The second kappa shape index (κ2) is 6.47. The maximum atomic E-state index is 11.9. The maximum Gasteiger partial charge on any atom is 0.312 e. The predicted octanol–water partition coefficient (Wildman–Crippen LogP) is 1.60. The largest absolute Gasteiger partial charge is 0.492 e. The van der Waals surface area contributed by atoms with E-state index in [-0.39, 0.29) is 24.0 Å². The van der Waals surface area contributed by atoms with Crippen LogP contribution in [0.4, 0.5) is 0 Å². The molecule has 2 unspecified atom stereocenters. The Morgan fingerprint density at radius 3 is 2.67 bits per heavy atom. The molecular weight excluding hydrogens is 292 g/mol. The van der Waals surface area contributed by atoms with Crippen LogP contribution in [0.1, 0.15) is 12.0 Å². The van der Waals surface area contributed by atoms with E-state index in [9.17, 15) is 13.2 Å². The molecule has 2 atom stereocenters. The number of esters is 1. The SMILES string of the molecule is COC(=O)C(COc1ccccc1C)C1CCS(=O)(=O)C1. The van der Waals surface area contributed by atoms with Crippen LogP contribution in [0.2, 0.25) is 0 Å². The van der Waals surface area contributed by atoms with Crippen molar-refractivity contribution in [3.63, 3.8) is 0 Å². The van der Waals surface area contributed by atoms with Gasteiger partial charge in [0, 0.05) is 0 Å². The van der Waals surface area contributed by atoms with E-state index in [0.717, 1.165) is 5.56 Å². The molecule has 1 aromatic carbocycles. The molecule has 0 bridgehead atoms. The fourth-order valence-electron chi connectivity index (χ4n) is 2.59. The Kier molecular flexibility index (Phi) is 4.88. The minimum Gasteiger partial charge on any atom is -0.492 e. The number of rotatable bonds is 5. The topological polar surface area (TPSA) is 69.7 Å². The van der Waals surface area contributed by atoms with Crippen molar-refractivity contribution < 1.29 is 22.7 Å². The molecule has 2 rings (SSSR count). The molecule has 1 saturated heterocycles. The van der Waals surface area contributed by atoms with Crippen LogP contribution in [-0.2, 0) is 19.4 Å². The van der Waals surface area contributed by atoms with E-state index in [0.29, 0.717) is 12.2 Å². The Balaban J connectivity index is 2.08. The third-order valence-corrected chi connectivity index (χ3v) is 5.65. The number of carbonyl (C=O) groups is 1. The van der Waals surface area contributed by atoms with Crippen molar-refractivity contribution in [3.8, 4) is 5.75 Å². The molecule has 5 nitrogen and oxygen atoms in total. The molecule has 1 aliphatic rings. The van der Waals surface area contributed by atoms with Crippen LogP contribution in [0.25, 0.3) is 0 Å². The first kappa shape index (κ1) is 15.8. The molecule has 116 valence electrons. The first-order valence-corrected chi connectivity index (χ1v) is 8.72. The molecule has 6 heteroatoms. The zero-order chi connectivity index (χ0) is 15.5. The van der Waals surface area contributed by atoms with Crippen LogP contribution in [0.15, 0.2) is 24.3 Å². The Labute approximate surface area is 125 Å². The summed E-state index contributed by atoms with van der Waals surface area (Å²) in [5.41, 5.74) is 0.972. The van der Waals surface area contributed by atoms with Crippen LogP contribution in [-0.4, -0.2) is 39.6 Å². The first-order chi connectivity index (χ1) is 9.93. The number of methoxy groups -OCH3 is 1. The second-order valence-electron chi connectivity index (χ2n) is 5.37. The van der Waals surface area contributed by atoms with Crippen molar-refractivity contribution in [1.29, 1.82) is 0 Å². The van der Waals surface area contributed by atoms with Crippen molar-refractivity contribution in [3.05, 3.63) is 29.8 Å². The lowest BCUT2D eigenvalue weighted by Crippen LogP contribution is -2.31. The van der Waals surface area contributed by atoms with Crippen LogP contribution >= 0.6 is 0 Å². The molecular formula is C15H20O5S. The molecule has 0 saturated carbocycles. The van der Waals surface area contributed by atoms with Gasteiger partial charge in [0.05, 0.1) is 24.5 Å². The lowest BCUT2D eigenvalue weighted by molar-refractivity contribution is -0.148. The summed E-state index contributed by atoms with van der Waals surface area (Å²) >= 11 is 0. The average Bonchev–Trinajstić information content (AvgIpc) is 2.80. The number of carbonyl (C=O) groups excluding carboxylic acids is 1. The first-order valence-electron chi connectivity index (χ1n) is 6.89. The zero-order valence-corrected chi connectivity index (χ0v) is 13.1. The molecule has 0 aromatic heterocycles. The van der Waals surface area contributed by atoms with Gasteiger partial charge >= 0.3 is 5.97 Å². The minimum atomic E-state index is -3.04. The average molecular weight is 312 g/mol. The molecule has 0 aliphatic carbocycles. The number of hydrogen-bond donors (Lipinski definition) is 0. The van der Waals surface area contributed by atoms with Crippen LogP contribution in [0.5, 0.6) is 5.75 Å². The lowest BCUT2D eigenvalue weighted by atomic mass is 9.92. The molecule has 0 radical (unpaired) electrons. The van der Waals surface area contributed by atoms with Gasteiger partial charge in [-0.1, -0.05) is 18.2 Å². The Morgan fingerprint density at radius 1 is 1.38 bits per heavy atom. The van der Waals surface area contributed by atoms with Gasteiger partial charge in [0.15, 0.2) is 9.84 Å². The van der Waals surface area contributed by atoms with E-state index < -0.39 is 21.7 Å². The van der Waals surface area contributed by atoms with E-state index >= 15 is 0 Å². The molecule has 1 aliphatic heterocycles. The predicted molar refractivity (Wildman–Crippen MR) is 78.9 cm³/mol. The summed E-state index contributed by atoms with van der Waals surface area (Å²) in [6, 6.07) is 7.51. The summed E-state index contributed by atoms with van der Waals surface area (Å²) in [4.78, 5) is 11.9. The molecule has 1 heterocycles. The van der Waals surface area contributed by atoms with Gasteiger partial charge in [-0.25, -0.2) is 8.42 Å². The zero-order valence-electron chi connectivity index (χ0n) is 12.2. The number of aryl methyl sites for hydroxylation is 1. The van der Waals surface area contributed by atoms with Crippen LogP contribution in [0, 0.1) is 18.8 Å². The number of benzene rings is 1. The molecule has 1 aromatic rings. The molecule has 0 amide bonds. The number of hydrogen-bond acceptors (Lipinski definition) is 5. The summed E-state index contributed by atoms with van der Waals surface area (Å²) in [7, 11) is -1.72. The highest BCUT2D eigenvalue weighted by atomic mass is 32.2. The Bertz CT molecular complexity index is 608. The van der Waals surface area contributed by atoms with Gasteiger partial charge < -0.3 is 9.47 Å². The second-order valence-corrected chi connectivity index (χ2v) is 7.60. The highest BCUT2D eigenvalue weighted by Crippen LogP contribution is 2.28. The third-order valence-electron chi connectivity index (χ3n) is 3.85. The number of para-hydroxylation sites is 1.